The van der Waals surface area contributed by atoms with Gasteiger partial charge in [0.05, 0.1) is 17.8 Å². The fraction of sp³-hybridized carbons (Fsp3) is 0.636. The third kappa shape index (κ3) is 3.51. The molecule has 0 saturated carbocycles. The van der Waals surface area contributed by atoms with Gasteiger partial charge in [-0.15, -0.1) is 0 Å². The van der Waals surface area contributed by atoms with Crippen LogP contribution in [-0.2, 0) is 19.9 Å². The maximum atomic E-state index is 15.4. The smallest absolute Gasteiger partial charge is 0.264 e. The van der Waals surface area contributed by atoms with E-state index in [1.807, 2.05) is 13.0 Å². The Morgan fingerprint density at radius 2 is 2.19 bits per heavy atom. The summed E-state index contributed by atoms with van der Waals surface area (Å²) < 4.78 is 21.8. The highest BCUT2D eigenvalue weighted by Gasteiger charge is 2.66. The van der Waals surface area contributed by atoms with Crippen molar-refractivity contribution in [2.24, 2.45) is 5.92 Å². The van der Waals surface area contributed by atoms with Crippen molar-refractivity contribution >= 4 is 31.6 Å². The average Bonchev–Trinajstić information content (AvgIpc) is 3.38. The van der Waals surface area contributed by atoms with Crippen molar-refractivity contribution in [1.82, 2.24) is 5.32 Å². The molecule has 3 heterocycles. The average molecular weight is 450 g/mol. The number of carbonyl (C=O) groups is 2. The molecule has 9 heteroatoms. The van der Waals surface area contributed by atoms with Gasteiger partial charge in [-0.05, 0) is 57.1 Å². The monoisotopic (exact) mass is 449 g/mol. The van der Waals surface area contributed by atoms with Gasteiger partial charge in [0.25, 0.3) is 5.91 Å². The Hall–Kier alpha value is -1.81. The van der Waals surface area contributed by atoms with Crippen LogP contribution in [0.15, 0.2) is 18.2 Å². The molecule has 1 aromatic rings. The normalized spacial score (nSPS) is 32.7. The zero-order valence-corrected chi connectivity index (χ0v) is 19.6. The Labute approximate surface area is 183 Å². The summed E-state index contributed by atoms with van der Waals surface area (Å²) in [5.74, 6) is -0.716. The number of anilines is 2. The number of hydrogen-bond acceptors (Lipinski definition) is 5. The lowest BCUT2D eigenvalue weighted by molar-refractivity contribution is -0.146. The van der Waals surface area contributed by atoms with Gasteiger partial charge in [0.15, 0.2) is 5.60 Å². The number of aliphatic hydroxyl groups excluding tert-OH is 1. The van der Waals surface area contributed by atoms with E-state index in [9.17, 15) is 14.7 Å². The molecule has 7 nitrogen and oxygen atoms in total. The SMILES string of the molecule is C[C@@H]1[C@@H]([Si](C)(C)F)[C@H](CCO)O[C@@]12C(=O)N(C)c1ccc(NC(=O)[C@H]3CCCN3)cc12. The molecule has 2 saturated heterocycles. The number of ether oxygens (including phenoxy) is 1. The molecule has 0 unspecified atom stereocenters. The zero-order chi connectivity index (χ0) is 22.6. The van der Waals surface area contributed by atoms with E-state index in [4.69, 9.17) is 4.74 Å². The van der Waals surface area contributed by atoms with Gasteiger partial charge in [-0.1, -0.05) is 6.92 Å². The molecule has 0 aliphatic carbocycles. The summed E-state index contributed by atoms with van der Waals surface area (Å²) in [5, 5.41) is 15.7. The Morgan fingerprint density at radius 3 is 2.81 bits per heavy atom. The van der Waals surface area contributed by atoms with Gasteiger partial charge in [0.2, 0.25) is 14.3 Å². The molecule has 3 aliphatic rings. The zero-order valence-electron chi connectivity index (χ0n) is 18.6. The second-order valence-electron chi connectivity index (χ2n) is 9.52. The highest BCUT2D eigenvalue weighted by Crippen LogP contribution is 2.60. The number of amides is 2. The third-order valence-electron chi connectivity index (χ3n) is 7.15. The van der Waals surface area contributed by atoms with E-state index >= 15 is 4.11 Å². The molecule has 1 spiro atoms. The van der Waals surface area contributed by atoms with Crippen LogP contribution in [-0.4, -0.2) is 57.7 Å². The third-order valence-corrected chi connectivity index (χ3v) is 9.61. The van der Waals surface area contributed by atoms with Crippen molar-refractivity contribution in [1.29, 1.82) is 0 Å². The van der Waals surface area contributed by atoms with E-state index in [0.29, 0.717) is 16.9 Å². The van der Waals surface area contributed by atoms with Crippen molar-refractivity contribution in [3.63, 3.8) is 0 Å². The van der Waals surface area contributed by atoms with Crippen LogP contribution in [0.4, 0.5) is 15.5 Å². The quantitative estimate of drug-likeness (QED) is 0.475. The van der Waals surface area contributed by atoms with E-state index in [1.54, 1.807) is 37.2 Å². The fourth-order valence-corrected chi connectivity index (χ4v) is 8.31. The predicted molar refractivity (Wildman–Crippen MR) is 119 cm³/mol. The summed E-state index contributed by atoms with van der Waals surface area (Å²) in [6, 6.07) is 5.17. The highest BCUT2D eigenvalue weighted by atomic mass is 28.4. The maximum absolute atomic E-state index is 15.4. The maximum Gasteiger partial charge on any atom is 0.264 e. The number of nitrogens with zero attached hydrogens (tertiary/aromatic N) is 1. The van der Waals surface area contributed by atoms with E-state index in [0.717, 1.165) is 19.4 Å². The Balaban J connectivity index is 1.73. The van der Waals surface area contributed by atoms with Gasteiger partial charge in [-0.3, -0.25) is 9.59 Å². The molecular weight excluding hydrogens is 417 g/mol. The van der Waals surface area contributed by atoms with E-state index < -0.39 is 31.6 Å². The number of fused-ring (bicyclic) bond motifs is 2. The number of aliphatic hydroxyl groups is 1. The van der Waals surface area contributed by atoms with Crippen molar-refractivity contribution in [3.8, 4) is 0 Å². The van der Waals surface area contributed by atoms with Crippen LogP contribution in [0, 0.1) is 5.92 Å². The second kappa shape index (κ2) is 7.95. The molecule has 2 amide bonds. The molecule has 4 rings (SSSR count). The van der Waals surface area contributed by atoms with Crippen molar-refractivity contribution in [2.75, 3.05) is 30.4 Å². The van der Waals surface area contributed by atoms with Gasteiger partial charge >= 0.3 is 0 Å². The minimum absolute atomic E-state index is 0.0992. The fourth-order valence-electron chi connectivity index (χ4n) is 5.77. The standard InChI is InChI=1S/C22H32FN3O4Si/c1-13-19(31(3,4)23)18(9-11-27)30-22(13)15-12-14(7-8-17(15)26(2)21(22)29)25-20(28)16-6-5-10-24-16/h7-8,12-13,16,18-19,24,27H,5-6,9-11H2,1-4H3,(H,25,28)/t13-,16-,18+,19-,22+/m1/s1. The van der Waals surface area contributed by atoms with E-state index in [-0.39, 0.29) is 30.9 Å². The molecule has 0 aromatic heterocycles. The van der Waals surface area contributed by atoms with Gasteiger partial charge in [0, 0.05) is 36.4 Å². The van der Waals surface area contributed by atoms with Crippen molar-refractivity contribution < 1.29 is 23.5 Å². The van der Waals surface area contributed by atoms with Crippen LogP contribution in [0.5, 0.6) is 0 Å². The Morgan fingerprint density at radius 1 is 1.45 bits per heavy atom. The van der Waals surface area contributed by atoms with Gasteiger partial charge < -0.3 is 29.5 Å². The Bertz CT molecular complexity index is 886. The number of hydrogen-bond donors (Lipinski definition) is 3. The molecular formula is C22H32FN3O4Si. The van der Waals surface area contributed by atoms with Gasteiger partial charge in [0.1, 0.15) is 0 Å². The minimum atomic E-state index is -3.20. The number of carbonyl (C=O) groups excluding carboxylic acids is 2. The number of benzene rings is 1. The molecule has 1 aromatic carbocycles. The topological polar surface area (TPSA) is 90.9 Å². The molecule has 5 atom stereocenters. The van der Waals surface area contributed by atoms with Crippen LogP contribution < -0.4 is 15.5 Å². The summed E-state index contributed by atoms with van der Waals surface area (Å²) >= 11 is 0. The lowest BCUT2D eigenvalue weighted by Gasteiger charge is -2.31. The largest absolute Gasteiger partial charge is 0.396 e. The first-order valence-electron chi connectivity index (χ1n) is 11.1. The van der Waals surface area contributed by atoms with E-state index in [1.165, 1.54) is 0 Å². The number of rotatable bonds is 5. The molecule has 3 N–H and O–H groups in total. The van der Waals surface area contributed by atoms with Crippen LogP contribution in [0.3, 0.4) is 0 Å². The first-order chi connectivity index (χ1) is 14.6. The summed E-state index contributed by atoms with van der Waals surface area (Å²) in [4.78, 5) is 27.6. The summed E-state index contributed by atoms with van der Waals surface area (Å²) in [6.07, 6.45) is 1.51. The predicted octanol–water partition coefficient (Wildman–Crippen LogP) is 2.51. The number of likely N-dealkylation sites (N-methyl/N-ethyl adjacent to an activating group) is 1. The van der Waals surface area contributed by atoms with Crippen molar-refractivity contribution in [3.05, 3.63) is 23.8 Å². The summed E-state index contributed by atoms with van der Waals surface area (Å²) in [7, 11) is -1.50. The van der Waals surface area contributed by atoms with Crippen LogP contribution in [0.2, 0.25) is 18.6 Å². The molecule has 3 aliphatic heterocycles. The number of nitrogens with one attached hydrogen (secondary N) is 2. The van der Waals surface area contributed by atoms with Crippen molar-refractivity contribution in [2.45, 2.75) is 62.6 Å². The Kier molecular flexibility index (Phi) is 5.74. The molecule has 170 valence electrons. The summed E-state index contributed by atoms with van der Waals surface area (Å²) in [6.45, 7) is 5.85. The lowest BCUT2D eigenvalue weighted by Crippen LogP contribution is -2.44. The first-order valence-corrected chi connectivity index (χ1v) is 14.0. The molecule has 2 fully saturated rings. The molecule has 0 bridgehead atoms. The second-order valence-corrected chi connectivity index (χ2v) is 13.3. The van der Waals surface area contributed by atoms with Gasteiger partial charge in [-0.2, -0.15) is 0 Å². The lowest BCUT2D eigenvalue weighted by atomic mass is 9.82. The molecule has 31 heavy (non-hydrogen) atoms. The first kappa shape index (κ1) is 22.4. The van der Waals surface area contributed by atoms with Crippen LogP contribution in [0.1, 0.15) is 31.7 Å². The highest BCUT2D eigenvalue weighted by molar-refractivity contribution is 6.72. The number of halogens is 1. The van der Waals surface area contributed by atoms with Crippen LogP contribution in [0.25, 0.3) is 0 Å². The van der Waals surface area contributed by atoms with Crippen LogP contribution >= 0.6 is 0 Å². The minimum Gasteiger partial charge on any atom is -0.396 e. The van der Waals surface area contributed by atoms with Gasteiger partial charge in [-0.25, -0.2) is 0 Å². The summed E-state index contributed by atoms with van der Waals surface area (Å²) in [5.41, 5.74) is 0.222. The van der Waals surface area contributed by atoms with E-state index in [2.05, 4.69) is 10.6 Å². The molecule has 0 radical (unpaired) electrons.